The van der Waals surface area contributed by atoms with Crippen molar-refractivity contribution in [3.63, 3.8) is 0 Å². The van der Waals surface area contributed by atoms with Gasteiger partial charge in [0.15, 0.2) is 5.78 Å². The van der Waals surface area contributed by atoms with E-state index in [9.17, 15) is 9.59 Å². The largest absolute Gasteiger partial charge is 0.488 e. The Morgan fingerprint density at radius 3 is 2.18 bits per heavy atom. The fourth-order valence-electron chi connectivity index (χ4n) is 8.14. The molecule has 0 N–H and O–H groups in total. The topological polar surface area (TPSA) is 79.1 Å². The number of rotatable bonds is 16. The van der Waals surface area contributed by atoms with Crippen LogP contribution >= 0.6 is 0 Å². The second-order valence-corrected chi connectivity index (χ2v) is 14.7. The Labute approximate surface area is 332 Å². The lowest BCUT2D eigenvalue weighted by Gasteiger charge is -2.19. The normalized spacial score (nSPS) is 12.7. The van der Waals surface area contributed by atoms with Gasteiger partial charge < -0.3 is 18.9 Å². The molecule has 2 atom stereocenters. The average molecular weight is 755 g/mol. The number of hydrogen-bond acceptors (Lipinski definition) is 6. The van der Waals surface area contributed by atoms with Crippen LogP contribution in [0.5, 0.6) is 5.75 Å². The number of benzene rings is 5. The van der Waals surface area contributed by atoms with E-state index in [0.717, 1.165) is 97.3 Å². The molecule has 0 radical (unpaired) electrons. The van der Waals surface area contributed by atoms with Gasteiger partial charge in [-0.2, -0.15) is 0 Å². The molecule has 0 amide bonds. The highest BCUT2D eigenvalue weighted by Gasteiger charge is 2.24. The molecule has 7 heteroatoms. The van der Waals surface area contributed by atoms with Gasteiger partial charge in [0.2, 0.25) is 0 Å². The van der Waals surface area contributed by atoms with E-state index in [4.69, 9.17) is 14.3 Å². The maximum Gasteiger partial charge on any atom is 0.323 e. The van der Waals surface area contributed by atoms with Crippen LogP contribution in [0.3, 0.4) is 0 Å². The molecule has 6 aromatic rings. The van der Waals surface area contributed by atoms with Gasteiger partial charge in [-0.1, -0.05) is 100 Å². The van der Waals surface area contributed by atoms with Crippen molar-refractivity contribution < 1.29 is 23.9 Å². The van der Waals surface area contributed by atoms with Crippen LogP contribution in [0.15, 0.2) is 84.0 Å². The summed E-state index contributed by atoms with van der Waals surface area (Å²) < 4.78 is 13.8. The van der Waals surface area contributed by atoms with Crippen LogP contribution in [0, 0.1) is 33.6 Å². The Bertz CT molecular complexity index is 2350. The van der Waals surface area contributed by atoms with Gasteiger partial charge in [0.05, 0.1) is 12.1 Å². The molecule has 1 heterocycles. The average Bonchev–Trinajstić information content (AvgIpc) is 3.49. The number of carbonyl (C=O) groups is 2. The summed E-state index contributed by atoms with van der Waals surface area (Å²) >= 11 is 0. The van der Waals surface area contributed by atoms with E-state index in [1.165, 1.54) is 6.42 Å². The van der Waals surface area contributed by atoms with Gasteiger partial charge >= 0.3 is 6.47 Å². The predicted molar refractivity (Wildman–Crippen MR) is 232 cm³/mol. The fraction of sp³-hybridized carbons (Fsp3) is 0.367. The van der Waals surface area contributed by atoms with Crippen molar-refractivity contribution in [1.29, 1.82) is 0 Å². The minimum Gasteiger partial charge on any atom is -0.488 e. The minimum atomic E-state index is -0.118. The molecule has 0 aliphatic carbocycles. The Morgan fingerprint density at radius 1 is 0.821 bits per heavy atom. The highest BCUT2D eigenvalue weighted by Crippen LogP contribution is 2.39. The lowest BCUT2D eigenvalue weighted by Crippen LogP contribution is -2.18. The first-order valence-corrected chi connectivity index (χ1v) is 20.1. The van der Waals surface area contributed by atoms with Gasteiger partial charge in [-0.15, -0.1) is 0 Å². The van der Waals surface area contributed by atoms with E-state index in [1.54, 1.807) is 7.11 Å². The molecule has 7 nitrogen and oxygen atoms in total. The van der Waals surface area contributed by atoms with Gasteiger partial charge in [0, 0.05) is 57.6 Å². The maximum atomic E-state index is 14.7. The molecule has 0 saturated carbocycles. The first-order valence-electron chi connectivity index (χ1n) is 20.1. The molecular weight excluding hydrogens is 697 g/mol. The number of fused-ring (bicyclic) bond motifs is 5. The molecule has 0 aliphatic rings. The first kappa shape index (κ1) is 41.9. The Balaban J connectivity index is 0.00000295. The third kappa shape index (κ3) is 8.74. The van der Waals surface area contributed by atoms with E-state index in [-0.39, 0.29) is 11.9 Å². The number of aromatic nitrogens is 1. The summed E-state index contributed by atoms with van der Waals surface area (Å²) in [7, 11) is 1.65. The smallest absolute Gasteiger partial charge is 0.323 e. The zero-order chi connectivity index (χ0) is 40.5. The SMILES string of the molecule is CC.CCCCC(CC)Cn1c2ccc(/C(=N\OC=O)c3ccc(OC(C)COC)cc3C)cc2c2cc(C(=O)c3c(C)cc(C)cc3C)c3ccccc3c21. The van der Waals surface area contributed by atoms with E-state index in [0.29, 0.717) is 36.0 Å². The number of oxime groups is 1. The zero-order valence-corrected chi connectivity index (χ0v) is 34.9. The van der Waals surface area contributed by atoms with E-state index >= 15 is 0 Å². The van der Waals surface area contributed by atoms with Crippen molar-refractivity contribution in [3.05, 3.63) is 123 Å². The number of hydrogen-bond donors (Lipinski definition) is 0. The van der Waals surface area contributed by atoms with Crippen LogP contribution in [-0.4, -0.2) is 42.4 Å². The third-order valence-electron chi connectivity index (χ3n) is 10.6. The van der Waals surface area contributed by atoms with Crippen molar-refractivity contribution >= 4 is 50.5 Å². The van der Waals surface area contributed by atoms with E-state index < -0.39 is 0 Å². The van der Waals surface area contributed by atoms with Gasteiger partial charge in [-0.3, -0.25) is 9.59 Å². The molecule has 0 saturated heterocycles. The lowest BCUT2D eigenvalue weighted by molar-refractivity contribution is -0.128. The van der Waals surface area contributed by atoms with Crippen LogP contribution < -0.4 is 4.74 Å². The molecule has 0 bridgehead atoms. The van der Waals surface area contributed by atoms with Gasteiger partial charge in [-0.25, -0.2) is 0 Å². The summed E-state index contributed by atoms with van der Waals surface area (Å²) in [4.78, 5) is 31.3. The second kappa shape index (κ2) is 19.1. The number of carbonyl (C=O) groups excluding carboxylic acids is 2. The molecule has 6 rings (SSSR count). The summed E-state index contributed by atoms with van der Waals surface area (Å²) in [6.45, 7) is 20.3. The Kier molecular flexibility index (Phi) is 14.2. The van der Waals surface area contributed by atoms with Gasteiger partial charge in [-0.05, 0) is 105 Å². The van der Waals surface area contributed by atoms with Crippen molar-refractivity contribution in [3.8, 4) is 5.75 Å². The number of ether oxygens (including phenoxy) is 2. The molecule has 0 aliphatic heterocycles. The maximum absolute atomic E-state index is 14.7. The summed E-state index contributed by atoms with van der Waals surface area (Å²) in [6, 6.07) is 26.7. The van der Waals surface area contributed by atoms with Crippen molar-refractivity contribution in [2.24, 2.45) is 11.1 Å². The molecular formula is C49H58N2O5. The monoisotopic (exact) mass is 754 g/mol. The van der Waals surface area contributed by atoms with Gasteiger partial charge in [0.1, 0.15) is 17.6 Å². The number of unbranched alkanes of at least 4 members (excludes halogenated alkanes) is 1. The Hall–Kier alpha value is -5.27. The van der Waals surface area contributed by atoms with Crippen LogP contribution in [0.4, 0.5) is 0 Å². The highest BCUT2D eigenvalue weighted by atomic mass is 16.7. The number of methoxy groups -OCH3 is 1. The standard InChI is InChI=1S/C47H52N2O5.C2H6/c1-9-11-14-34(10-2)26-49-43-20-17-35(45(48-53-28-50)37-19-18-36(23-30(37)4)54-33(7)27-52-8)24-40(43)41-25-42(38-15-12-13-16-39(38)46(41)49)47(51)44-31(5)21-29(3)22-32(44)6;1-2/h12-13,15-25,28,33-34H,9-11,14,26-27H2,1-8H3;1-2H3/b48-45+;. The predicted octanol–water partition coefficient (Wildman–Crippen LogP) is 12.0. The summed E-state index contributed by atoms with van der Waals surface area (Å²) in [5.74, 6) is 1.23. The van der Waals surface area contributed by atoms with Crippen LogP contribution in [0.2, 0.25) is 0 Å². The molecule has 294 valence electrons. The van der Waals surface area contributed by atoms with Crippen molar-refractivity contribution in [1.82, 2.24) is 4.57 Å². The molecule has 0 spiro atoms. The molecule has 5 aromatic carbocycles. The molecule has 56 heavy (non-hydrogen) atoms. The summed E-state index contributed by atoms with van der Waals surface area (Å²) in [5, 5.41) is 8.35. The number of ketones is 1. The van der Waals surface area contributed by atoms with E-state index in [2.05, 4.69) is 85.1 Å². The van der Waals surface area contributed by atoms with E-state index in [1.807, 2.05) is 65.8 Å². The van der Waals surface area contributed by atoms with Crippen LogP contribution in [0.25, 0.3) is 32.6 Å². The molecule has 1 aromatic heterocycles. The third-order valence-corrected chi connectivity index (χ3v) is 10.6. The molecule has 0 fully saturated rings. The van der Waals surface area contributed by atoms with Crippen molar-refractivity contribution in [2.75, 3.05) is 13.7 Å². The first-order chi connectivity index (χ1) is 27.1. The zero-order valence-electron chi connectivity index (χ0n) is 34.9. The van der Waals surface area contributed by atoms with Crippen LogP contribution in [-0.2, 0) is 20.9 Å². The fourth-order valence-corrected chi connectivity index (χ4v) is 8.14. The molecule has 2 unspecified atom stereocenters. The highest BCUT2D eigenvalue weighted by molar-refractivity contribution is 6.27. The summed E-state index contributed by atoms with van der Waals surface area (Å²) in [6.07, 6.45) is 4.44. The van der Waals surface area contributed by atoms with Crippen LogP contribution in [0.1, 0.15) is 110 Å². The summed E-state index contributed by atoms with van der Waals surface area (Å²) in [5.41, 5.74) is 9.77. The second-order valence-electron chi connectivity index (χ2n) is 14.7. The quantitative estimate of drug-likeness (QED) is 0.0323. The minimum absolute atomic E-state index is 0.0221. The van der Waals surface area contributed by atoms with Gasteiger partial charge in [0.25, 0.3) is 0 Å². The Morgan fingerprint density at radius 2 is 1.54 bits per heavy atom. The van der Waals surface area contributed by atoms with Crippen molar-refractivity contribution in [2.45, 2.75) is 101 Å². The number of aryl methyl sites for hydroxylation is 4. The lowest BCUT2D eigenvalue weighted by atomic mass is 9.89. The number of nitrogens with zero attached hydrogens (tertiary/aromatic N) is 2.